The van der Waals surface area contributed by atoms with E-state index in [2.05, 4.69) is 32.9 Å². The standard InChI is InChI=1S/C13H20O2/c1-13(2,3)11-6-4-10(5-7-11)8-12(15)9-14/h4-7,12,14-15H,8-9H2,1-3H3/t12-/m0/s1. The second-order valence-electron chi connectivity index (χ2n) is 4.99. The van der Waals surface area contributed by atoms with Gasteiger partial charge < -0.3 is 10.2 Å². The lowest BCUT2D eigenvalue weighted by atomic mass is 9.86. The number of hydrogen-bond acceptors (Lipinski definition) is 2. The molecule has 0 aliphatic heterocycles. The zero-order valence-corrected chi connectivity index (χ0v) is 9.70. The monoisotopic (exact) mass is 208 g/mol. The van der Waals surface area contributed by atoms with Gasteiger partial charge in [0.1, 0.15) is 0 Å². The molecule has 0 bridgehead atoms. The average molecular weight is 208 g/mol. The van der Waals surface area contributed by atoms with Crippen molar-refractivity contribution in [1.82, 2.24) is 0 Å². The highest BCUT2D eigenvalue weighted by Crippen LogP contribution is 2.22. The molecule has 0 amide bonds. The Balaban J connectivity index is 2.73. The van der Waals surface area contributed by atoms with Crippen molar-refractivity contribution in [3.63, 3.8) is 0 Å². The second kappa shape index (κ2) is 4.77. The maximum Gasteiger partial charge on any atom is 0.0811 e. The van der Waals surface area contributed by atoms with Crippen LogP contribution in [0.3, 0.4) is 0 Å². The molecule has 0 aliphatic carbocycles. The zero-order valence-electron chi connectivity index (χ0n) is 9.70. The molecule has 84 valence electrons. The molecular formula is C13H20O2. The lowest BCUT2D eigenvalue weighted by Gasteiger charge is -2.19. The summed E-state index contributed by atoms with van der Waals surface area (Å²) in [6.45, 7) is 6.33. The van der Waals surface area contributed by atoms with Crippen LogP contribution in [0.4, 0.5) is 0 Å². The van der Waals surface area contributed by atoms with Crippen molar-refractivity contribution in [1.29, 1.82) is 0 Å². The highest BCUT2D eigenvalue weighted by Gasteiger charge is 2.13. The SMILES string of the molecule is CC(C)(C)c1ccc(C[C@H](O)CO)cc1. The quantitative estimate of drug-likeness (QED) is 0.796. The third kappa shape index (κ3) is 3.65. The van der Waals surface area contributed by atoms with E-state index in [0.29, 0.717) is 6.42 Å². The molecule has 1 aromatic carbocycles. The summed E-state index contributed by atoms with van der Waals surface area (Å²) in [5, 5.41) is 18.0. The molecule has 0 unspecified atom stereocenters. The van der Waals surface area contributed by atoms with Gasteiger partial charge in [0.2, 0.25) is 0 Å². The minimum atomic E-state index is -0.648. The van der Waals surface area contributed by atoms with E-state index < -0.39 is 6.10 Å². The molecule has 0 fully saturated rings. The van der Waals surface area contributed by atoms with Crippen molar-refractivity contribution < 1.29 is 10.2 Å². The molecule has 2 heteroatoms. The first-order valence-electron chi connectivity index (χ1n) is 5.32. The maximum absolute atomic E-state index is 9.29. The Morgan fingerprint density at radius 1 is 1.13 bits per heavy atom. The number of rotatable bonds is 3. The van der Waals surface area contributed by atoms with Crippen molar-refractivity contribution >= 4 is 0 Å². The average Bonchev–Trinajstić information content (AvgIpc) is 2.17. The summed E-state index contributed by atoms with van der Waals surface area (Å²) in [6.07, 6.45) is -0.133. The van der Waals surface area contributed by atoms with Crippen LogP contribution in [-0.2, 0) is 11.8 Å². The van der Waals surface area contributed by atoms with E-state index in [-0.39, 0.29) is 12.0 Å². The van der Waals surface area contributed by atoms with Crippen molar-refractivity contribution in [2.45, 2.75) is 38.7 Å². The van der Waals surface area contributed by atoms with Gasteiger partial charge in [-0.15, -0.1) is 0 Å². The molecule has 1 aromatic rings. The number of aliphatic hydroxyl groups is 2. The molecule has 2 N–H and O–H groups in total. The molecule has 0 aliphatic rings. The van der Waals surface area contributed by atoms with Gasteiger partial charge in [0, 0.05) is 6.42 Å². The van der Waals surface area contributed by atoms with Gasteiger partial charge in [0.25, 0.3) is 0 Å². The molecule has 0 saturated carbocycles. The third-order valence-corrected chi connectivity index (χ3v) is 2.50. The van der Waals surface area contributed by atoms with Crippen molar-refractivity contribution in [2.75, 3.05) is 6.61 Å². The Hall–Kier alpha value is -0.860. The van der Waals surface area contributed by atoms with Crippen LogP contribution in [0.25, 0.3) is 0 Å². The van der Waals surface area contributed by atoms with Gasteiger partial charge >= 0.3 is 0 Å². The van der Waals surface area contributed by atoms with Crippen LogP contribution >= 0.6 is 0 Å². The van der Waals surface area contributed by atoms with E-state index in [1.165, 1.54) is 5.56 Å². The topological polar surface area (TPSA) is 40.5 Å². The lowest BCUT2D eigenvalue weighted by Crippen LogP contribution is -2.15. The Morgan fingerprint density at radius 2 is 1.67 bits per heavy atom. The second-order valence-corrected chi connectivity index (χ2v) is 4.99. The fourth-order valence-corrected chi connectivity index (χ4v) is 1.48. The highest BCUT2D eigenvalue weighted by atomic mass is 16.3. The molecule has 0 radical (unpaired) electrons. The van der Waals surface area contributed by atoms with Crippen molar-refractivity contribution in [3.05, 3.63) is 35.4 Å². The number of benzene rings is 1. The van der Waals surface area contributed by atoms with E-state index in [4.69, 9.17) is 5.11 Å². The summed E-state index contributed by atoms with van der Waals surface area (Å²) in [5.41, 5.74) is 2.50. The summed E-state index contributed by atoms with van der Waals surface area (Å²) < 4.78 is 0. The maximum atomic E-state index is 9.29. The first-order chi connectivity index (χ1) is 6.93. The zero-order chi connectivity index (χ0) is 11.5. The van der Waals surface area contributed by atoms with Crippen LogP contribution in [0.1, 0.15) is 31.9 Å². The van der Waals surface area contributed by atoms with Gasteiger partial charge in [0.15, 0.2) is 0 Å². The molecular weight excluding hydrogens is 188 g/mol. The van der Waals surface area contributed by atoms with Crippen molar-refractivity contribution in [2.24, 2.45) is 0 Å². The minimum Gasteiger partial charge on any atom is -0.394 e. The number of aliphatic hydroxyl groups excluding tert-OH is 2. The number of hydrogen-bond donors (Lipinski definition) is 2. The van der Waals surface area contributed by atoms with Crippen molar-refractivity contribution in [3.8, 4) is 0 Å². The summed E-state index contributed by atoms with van der Waals surface area (Å²) in [6, 6.07) is 8.19. The van der Waals surface area contributed by atoms with Gasteiger partial charge in [-0.05, 0) is 16.5 Å². The van der Waals surface area contributed by atoms with Crippen LogP contribution in [0, 0.1) is 0 Å². The first kappa shape index (κ1) is 12.2. The molecule has 0 heterocycles. The molecule has 0 aromatic heterocycles. The van der Waals surface area contributed by atoms with E-state index in [0.717, 1.165) is 5.56 Å². The van der Waals surface area contributed by atoms with E-state index in [1.807, 2.05) is 12.1 Å². The van der Waals surface area contributed by atoms with Gasteiger partial charge in [0.05, 0.1) is 12.7 Å². The summed E-state index contributed by atoms with van der Waals surface area (Å²) >= 11 is 0. The molecule has 1 atom stereocenters. The van der Waals surface area contributed by atoms with E-state index in [1.54, 1.807) is 0 Å². The fraction of sp³-hybridized carbons (Fsp3) is 0.538. The van der Waals surface area contributed by atoms with Gasteiger partial charge in [-0.2, -0.15) is 0 Å². The van der Waals surface area contributed by atoms with Crippen LogP contribution < -0.4 is 0 Å². The minimum absolute atomic E-state index is 0.161. The summed E-state index contributed by atoms with van der Waals surface area (Å²) in [7, 11) is 0. The Kier molecular flexibility index (Phi) is 3.89. The van der Waals surface area contributed by atoms with Gasteiger partial charge in [-0.25, -0.2) is 0 Å². The highest BCUT2D eigenvalue weighted by molar-refractivity contribution is 5.27. The summed E-state index contributed by atoms with van der Waals surface area (Å²) in [4.78, 5) is 0. The predicted molar refractivity (Wildman–Crippen MR) is 61.9 cm³/mol. The lowest BCUT2D eigenvalue weighted by molar-refractivity contribution is 0.0955. The largest absolute Gasteiger partial charge is 0.394 e. The van der Waals surface area contributed by atoms with Gasteiger partial charge in [-0.3, -0.25) is 0 Å². The normalized spacial score (nSPS) is 13.9. The Morgan fingerprint density at radius 3 is 2.07 bits per heavy atom. The molecule has 15 heavy (non-hydrogen) atoms. The summed E-state index contributed by atoms with van der Waals surface area (Å²) in [5.74, 6) is 0. The smallest absolute Gasteiger partial charge is 0.0811 e. The molecule has 2 nitrogen and oxygen atoms in total. The van der Waals surface area contributed by atoms with Crippen LogP contribution in [0.2, 0.25) is 0 Å². The molecule has 1 rings (SSSR count). The fourth-order valence-electron chi connectivity index (χ4n) is 1.48. The molecule has 0 saturated heterocycles. The predicted octanol–water partition coefficient (Wildman–Crippen LogP) is 1.88. The van der Waals surface area contributed by atoms with Crippen LogP contribution in [0.15, 0.2) is 24.3 Å². The molecule has 0 spiro atoms. The van der Waals surface area contributed by atoms with Crippen LogP contribution in [-0.4, -0.2) is 22.9 Å². The first-order valence-corrected chi connectivity index (χ1v) is 5.32. The Labute approximate surface area is 91.6 Å². The van der Waals surface area contributed by atoms with Crippen LogP contribution in [0.5, 0.6) is 0 Å². The van der Waals surface area contributed by atoms with E-state index >= 15 is 0 Å². The Bertz CT molecular complexity index is 295. The van der Waals surface area contributed by atoms with E-state index in [9.17, 15) is 5.11 Å². The third-order valence-electron chi connectivity index (χ3n) is 2.50. The van der Waals surface area contributed by atoms with Gasteiger partial charge in [-0.1, -0.05) is 45.0 Å².